The van der Waals surface area contributed by atoms with Crippen LogP contribution in [0.15, 0.2) is 60.7 Å². The van der Waals surface area contributed by atoms with Crippen molar-refractivity contribution in [1.82, 2.24) is 5.32 Å². The molecule has 5 heteroatoms. The maximum Gasteiger partial charge on any atom is 0.251 e. The molecule has 0 saturated carbocycles. The van der Waals surface area contributed by atoms with Gasteiger partial charge in [0.05, 0.1) is 20.3 Å². The first-order chi connectivity index (χ1) is 14.0. The number of hydrogen-bond acceptors (Lipinski definition) is 4. The number of carbonyl (C=O) groups is 2. The van der Waals surface area contributed by atoms with Crippen molar-refractivity contribution >= 4 is 11.7 Å². The summed E-state index contributed by atoms with van der Waals surface area (Å²) in [5.41, 5.74) is 4.38. The molecule has 0 aliphatic heterocycles. The topological polar surface area (TPSA) is 64.6 Å². The number of nitrogens with one attached hydrogen (secondary N) is 1. The van der Waals surface area contributed by atoms with Crippen molar-refractivity contribution in [2.45, 2.75) is 13.0 Å². The number of carbonyl (C=O) groups excluding carboxylic acids is 2. The van der Waals surface area contributed by atoms with Crippen LogP contribution >= 0.6 is 0 Å². The summed E-state index contributed by atoms with van der Waals surface area (Å²) < 4.78 is 10.6. The van der Waals surface area contributed by atoms with E-state index in [-0.39, 0.29) is 17.7 Å². The number of amides is 1. The Morgan fingerprint density at radius 3 is 2.24 bits per heavy atom. The van der Waals surface area contributed by atoms with Crippen molar-refractivity contribution in [3.05, 3.63) is 82.9 Å². The first kappa shape index (κ1) is 18.7. The lowest BCUT2D eigenvalue weighted by atomic mass is 10.0. The SMILES string of the molecule is COc1ccc(C(C)NC(=O)c2ccc3c(c2)C(=O)c2ccccc2-3)cc1OC. The molecule has 0 bridgehead atoms. The maximum absolute atomic E-state index is 12.8. The molecule has 1 atom stereocenters. The molecule has 0 aromatic heterocycles. The molecule has 146 valence electrons. The van der Waals surface area contributed by atoms with Gasteiger partial charge in [0.1, 0.15) is 0 Å². The van der Waals surface area contributed by atoms with Gasteiger partial charge in [-0.15, -0.1) is 0 Å². The quantitative estimate of drug-likeness (QED) is 0.551. The van der Waals surface area contributed by atoms with Crippen LogP contribution in [0.2, 0.25) is 0 Å². The fourth-order valence-corrected chi connectivity index (χ4v) is 3.65. The van der Waals surface area contributed by atoms with Crippen LogP contribution in [-0.4, -0.2) is 25.9 Å². The minimum Gasteiger partial charge on any atom is -0.493 e. The average Bonchev–Trinajstić information content (AvgIpc) is 3.05. The van der Waals surface area contributed by atoms with Gasteiger partial charge >= 0.3 is 0 Å². The van der Waals surface area contributed by atoms with Crippen LogP contribution in [0.5, 0.6) is 11.5 Å². The maximum atomic E-state index is 12.8. The summed E-state index contributed by atoms with van der Waals surface area (Å²) in [6.07, 6.45) is 0. The Hall–Kier alpha value is -3.60. The smallest absolute Gasteiger partial charge is 0.251 e. The minimum absolute atomic E-state index is 0.0433. The Bertz CT molecular complexity index is 1120. The van der Waals surface area contributed by atoms with E-state index in [1.807, 2.05) is 55.5 Å². The van der Waals surface area contributed by atoms with E-state index in [0.717, 1.165) is 16.7 Å². The summed E-state index contributed by atoms with van der Waals surface area (Å²) in [6, 6.07) is 18.1. The van der Waals surface area contributed by atoms with Gasteiger partial charge in [-0.05, 0) is 47.9 Å². The molecule has 1 N–H and O–H groups in total. The monoisotopic (exact) mass is 387 g/mol. The molecule has 0 spiro atoms. The second-order valence-corrected chi connectivity index (χ2v) is 6.94. The highest BCUT2D eigenvalue weighted by atomic mass is 16.5. The Labute approximate surface area is 169 Å². The highest BCUT2D eigenvalue weighted by molar-refractivity contribution is 6.22. The predicted molar refractivity (Wildman–Crippen MR) is 111 cm³/mol. The van der Waals surface area contributed by atoms with Gasteiger partial charge in [-0.1, -0.05) is 36.4 Å². The second kappa shape index (κ2) is 7.43. The molecule has 4 rings (SSSR count). The molecule has 0 radical (unpaired) electrons. The van der Waals surface area contributed by atoms with Crippen LogP contribution in [0.3, 0.4) is 0 Å². The zero-order valence-corrected chi connectivity index (χ0v) is 16.5. The highest BCUT2D eigenvalue weighted by Crippen LogP contribution is 2.37. The van der Waals surface area contributed by atoms with Crippen LogP contribution < -0.4 is 14.8 Å². The predicted octanol–water partition coefficient (Wildman–Crippen LogP) is 4.41. The van der Waals surface area contributed by atoms with E-state index in [1.165, 1.54) is 0 Å². The molecular weight excluding hydrogens is 366 g/mol. The largest absolute Gasteiger partial charge is 0.493 e. The average molecular weight is 387 g/mol. The van der Waals surface area contributed by atoms with E-state index in [4.69, 9.17) is 9.47 Å². The van der Waals surface area contributed by atoms with Gasteiger partial charge in [-0.2, -0.15) is 0 Å². The number of ketones is 1. The van der Waals surface area contributed by atoms with E-state index in [9.17, 15) is 9.59 Å². The molecule has 0 fully saturated rings. The summed E-state index contributed by atoms with van der Waals surface area (Å²) >= 11 is 0. The molecule has 1 aliphatic carbocycles. The summed E-state index contributed by atoms with van der Waals surface area (Å²) in [5, 5.41) is 2.98. The van der Waals surface area contributed by atoms with Crippen molar-refractivity contribution in [1.29, 1.82) is 0 Å². The van der Waals surface area contributed by atoms with Crippen molar-refractivity contribution in [2.75, 3.05) is 14.2 Å². The number of fused-ring (bicyclic) bond motifs is 3. The van der Waals surface area contributed by atoms with Crippen LogP contribution in [-0.2, 0) is 0 Å². The van der Waals surface area contributed by atoms with Crippen LogP contribution in [0, 0.1) is 0 Å². The summed E-state index contributed by atoms with van der Waals surface area (Å²) in [5.74, 6) is 0.954. The van der Waals surface area contributed by atoms with Crippen LogP contribution in [0.1, 0.15) is 44.8 Å². The molecule has 3 aromatic rings. The number of rotatable bonds is 5. The lowest BCUT2D eigenvalue weighted by Gasteiger charge is -2.17. The Balaban J connectivity index is 1.56. The second-order valence-electron chi connectivity index (χ2n) is 6.94. The zero-order chi connectivity index (χ0) is 20.5. The number of hydrogen-bond donors (Lipinski definition) is 1. The molecular formula is C24H21NO4. The molecule has 0 saturated heterocycles. The minimum atomic E-state index is -0.247. The summed E-state index contributed by atoms with van der Waals surface area (Å²) in [6.45, 7) is 1.90. The van der Waals surface area contributed by atoms with E-state index in [1.54, 1.807) is 26.4 Å². The van der Waals surface area contributed by atoms with Crippen molar-refractivity contribution in [3.63, 3.8) is 0 Å². The first-order valence-corrected chi connectivity index (χ1v) is 9.34. The van der Waals surface area contributed by atoms with Crippen LogP contribution in [0.4, 0.5) is 0 Å². The standard InChI is InChI=1S/C24H21NO4/c1-14(15-9-11-21(28-2)22(13-15)29-3)25-24(27)16-8-10-18-17-6-4-5-7-19(17)23(26)20(18)12-16/h4-14H,1-3H3,(H,25,27). The molecule has 1 amide bonds. The van der Waals surface area contributed by atoms with Gasteiger partial charge < -0.3 is 14.8 Å². The lowest BCUT2D eigenvalue weighted by Crippen LogP contribution is -2.26. The van der Waals surface area contributed by atoms with Gasteiger partial charge in [0.15, 0.2) is 17.3 Å². The number of benzene rings is 3. The van der Waals surface area contributed by atoms with Crippen molar-refractivity contribution < 1.29 is 19.1 Å². The third kappa shape index (κ3) is 3.25. The molecule has 29 heavy (non-hydrogen) atoms. The first-order valence-electron chi connectivity index (χ1n) is 9.34. The highest BCUT2D eigenvalue weighted by Gasteiger charge is 2.27. The molecule has 5 nitrogen and oxygen atoms in total. The Morgan fingerprint density at radius 1 is 0.828 bits per heavy atom. The van der Waals surface area contributed by atoms with Gasteiger partial charge in [-0.25, -0.2) is 0 Å². The van der Waals surface area contributed by atoms with Gasteiger partial charge in [0, 0.05) is 16.7 Å². The number of methoxy groups -OCH3 is 2. The van der Waals surface area contributed by atoms with E-state index >= 15 is 0 Å². The van der Waals surface area contributed by atoms with E-state index in [0.29, 0.717) is 28.2 Å². The molecule has 0 heterocycles. The van der Waals surface area contributed by atoms with Crippen LogP contribution in [0.25, 0.3) is 11.1 Å². The van der Waals surface area contributed by atoms with Crippen molar-refractivity contribution in [3.8, 4) is 22.6 Å². The summed E-state index contributed by atoms with van der Waals surface area (Å²) in [4.78, 5) is 25.5. The third-order valence-electron chi connectivity index (χ3n) is 5.24. The number of ether oxygens (including phenoxy) is 2. The molecule has 1 aliphatic rings. The Morgan fingerprint density at radius 2 is 1.52 bits per heavy atom. The summed E-state index contributed by atoms with van der Waals surface area (Å²) in [7, 11) is 3.15. The zero-order valence-electron chi connectivity index (χ0n) is 16.5. The fourth-order valence-electron chi connectivity index (χ4n) is 3.65. The lowest BCUT2D eigenvalue weighted by molar-refractivity contribution is 0.0940. The van der Waals surface area contributed by atoms with E-state index in [2.05, 4.69) is 5.32 Å². The van der Waals surface area contributed by atoms with E-state index < -0.39 is 0 Å². The normalized spacial score (nSPS) is 12.7. The molecule has 1 unspecified atom stereocenters. The van der Waals surface area contributed by atoms with Gasteiger partial charge in [-0.3, -0.25) is 9.59 Å². The Kier molecular flexibility index (Phi) is 4.80. The third-order valence-corrected chi connectivity index (χ3v) is 5.24. The van der Waals surface area contributed by atoms with Crippen molar-refractivity contribution in [2.24, 2.45) is 0 Å². The van der Waals surface area contributed by atoms with Gasteiger partial charge in [0.2, 0.25) is 0 Å². The van der Waals surface area contributed by atoms with Gasteiger partial charge in [0.25, 0.3) is 5.91 Å². The fraction of sp³-hybridized carbons (Fsp3) is 0.167. The molecule has 3 aromatic carbocycles.